The van der Waals surface area contributed by atoms with Gasteiger partial charge in [0.15, 0.2) is 0 Å². The summed E-state index contributed by atoms with van der Waals surface area (Å²) in [7, 11) is 0. The lowest BCUT2D eigenvalue weighted by Gasteiger charge is -2.23. The Balaban J connectivity index is 2.14. The summed E-state index contributed by atoms with van der Waals surface area (Å²) in [5.41, 5.74) is 8.04. The molecule has 90 valence electrons. The fraction of sp³-hybridized carbons (Fsp3) is 0.500. The first-order chi connectivity index (χ1) is 8.01. The van der Waals surface area contributed by atoms with Gasteiger partial charge >= 0.3 is 0 Å². The zero-order valence-electron chi connectivity index (χ0n) is 10.2. The Morgan fingerprint density at radius 2 is 2.29 bits per heavy atom. The normalized spacial score (nSPS) is 29.6. The van der Waals surface area contributed by atoms with Gasteiger partial charge in [0.2, 0.25) is 5.91 Å². The number of hydrogen-bond acceptors (Lipinski definition) is 2. The number of rotatable bonds is 1. The van der Waals surface area contributed by atoms with Crippen LogP contribution in [0.4, 0.5) is 0 Å². The molecule has 3 rings (SSSR count). The van der Waals surface area contributed by atoms with Crippen molar-refractivity contribution in [3.8, 4) is 5.75 Å². The van der Waals surface area contributed by atoms with Crippen molar-refractivity contribution in [2.24, 2.45) is 5.73 Å². The van der Waals surface area contributed by atoms with E-state index in [0.717, 1.165) is 24.2 Å². The number of nitrogens with two attached hydrogens (primary N) is 1. The Kier molecular flexibility index (Phi) is 2.03. The first kappa shape index (κ1) is 10.6. The molecule has 2 unspecified atom stereocenters. The molecule has 1 aromatic rings. The standard InChI is InChI=1S/C14H17NO2/c1-8-6-12-10(7-9(8)13(15)16)11-4-3-5-14(11,2)17-12/h6-7,11H,3-5H2,1-2H3,(H2,15,16). The second-order valence-electron chi connectivity index (χ2n) is 5.43. The molecule has 1 aliphatic heterocycles. The molecule has 3 heteroatoms. The molecule has 1 saturated carbocycles. The Morgan fingerprint density at radius 3 is 3.00 bits per heavy atom. The molecule has 0 saturated heterocycles. The summed E-state index contributed by atoms with van der Waals surface area (Å²) in [4.78, 5) is 11.4. The van der Waals surface area contributed by atoms with Crippen LogP contribution in [0.1, 0.15) is 53.6 Å². The topological polar surface area (TPSA) is 52.3 Å². The molecular formula is C14H17NO2. The number of carbonyl (C=O) groups excluding carboxylic acids is 1. The molecule has 0 aromatic heterocycles. The van der Waals surface area contributed by atoms with E-state index in [0.29, 0.717) is 11.5 Å². The van der Waals surface area contributed by atoms with Crippen LogP contribution in [0.3, 0.4) is 0 Å². The molecular weight excluding hydrogens is 214 g/mol. The molecule has 2 aliphatic rings. The van der Waals surface area contributed by atoms with Gasteiger partial charge in [-0.25, -0.2) is 0 Å². The minimum atomic E-state index is -0.350. The molecule has 1 heterocycles. The van der Waals surface area contributed by atoms with Gasteiger partial charge in [-0.15, -0.1) is 0 Å². The molecule has 0 spiro atoms. The molecule has 0 radical (unpaired) electrons. The first-order valence-electron chi connectivity index (χ1n) is 6.14. The summed E-state index contributed by atoms with van der Waals surface area (Å²) in [5, 5.41) is 0. The van der Waals surface area contributed by atoms with Gasteiger partial charge in [-0.1, -0.05) is 0 Å². The van der Waals surface area contributed by atoms with Gasteiger partial charge in [0.05, 0.1) is 0 Å². The van der Waals surface area contributed by atoms with Crippen LogP contribution in [0.2, 0.25) is 0 Å². The maximum atomic E-state index is 11.4. The molecule has 1 aromatic carbocycles. The van der Waals surface area contributed by atoms with Crippen LogP contribution in [0.15, 0.2) is 12.1 Å². The summed E-state index contributed by atoms with van der Waals surface area (Å²) in [5.74, 6) is 1.02. The largest absolute Gasteiger partial charge is 0.487 e. The molecule has 17 heavy (non-hydrogen) atoms. The van der Waals surface area contributed by atoms with Gasteiger partial charge < -0.3 is 10.5 Å². The predicted octanol–water partition coefficient (Wildman–Crippen LogP) is 2.51. The van der Waals surface area contributed by atoms with Crippen molar-refractivity contribution in [1.29, 1.82) is 0 Å². The third-order valence-corrected chi connectivity index (χ3v) is 4.24. The Bertz CT molecular complexity index is 509. The van der Waals surface area contributed by atoms with Crippen molar-refractivity contribution in [1.82, 2.24) is 0 Å². The Morgan fingerprint density at radius 1 is 1.53 bits per heavy atom. The average molecular weight is 231 g/mol. The zero-order chi connectivity index (χ0) is 12.2. The second kappa shape index (κ2) is 3.25. The smallest absolute Gasteiger partial charge is 0.248 e. The zero-order valence-corrected chi connectivity index (χ0v) is 10.2. The van der Waals surface area contributed by atoms with E-state index in [-0.39, 0.29) is 11.5 Å². The number of primary amides is 1. The second-order valence-corrected chi connectivity index (χ2v) is 5.43. The lowest BCUT2D eigenvalue weighted by Crippen LogP contribution is -2.29. The van der Waals surface area contributed by atoms with Gasteiger partial charge in [-0.3, -0.25) is 4.79 Å². The van der Waals surface area contributed by atoms with Crippen molar-refractivity contribution in [3.05, 3.63) is 28.8 Å². The van der Waals surface area contributed by atoms with E-state index in [4.69, 9.17) is 10.5 Å². The van der Waals surface area contributed by atoms with Crippen LogP contribution in [-0.2, 0) is 0 Å². The van der Waals surface area contributed by atoms with Gasteiger partial charge in [0.25, 0.3) is 0 Å². The highest BCUT2D eigenvalue weighted by atomic mass is 16.5. The van der Waals surface area contributed by atoms with Crippen LogP contribution >= 0.6 is 0 Å². The van der Waals surface area contributed by atoms with E-state index in [2.05, 4.69) is 6.92 Å². The van der Waals surface area contributed by atoms with Crippen LogP contribution in [0, 0.1) is 6.92 Å². The van der Waals surface area contributed by atoms with Crippen LogP contribution in [0.25, 0.3) is 0 Å². The Hall–Kier alpha value is -1.51. The van der Waals surface area contributed by atoms with Gasteiger partial charge in [0.1, 0.15) is 11.4 Å². The minimum absolute atomic E-state index is 0.0644. The van der Waals surface area contributed by atoms with Crippen molar-refractivity contribution < 1.29 is 9.53 Å². The molecule has 2 N–H and O–H groups in total. The molecule has 3 nitrogen and oxygen atoms in total. The number of fused-ring (bicyclic) bond motifs is 3. The summed E-state index contributed by atoms with van der Waals surface area (Å²) >= 11 is 0. The fourth-order valence-corrected chi connectivity index (χ4v) is 3.32. The highest BCUT2D eigenvalue weighted by Crippen LogP contribution is 2.54. The van der Waals surface area contributed by atoms with E-state index in [1.165, 1.54) is 12.0 Å². The maximum absolute atomic E-state index is 11.4. The SMILES string of the molecule is Cc1cc2c(cc1C(N)=O)C1CCCC1(C)O2. The fourth-order valence-electron chi connectivity index (χ4n) is 3.32. The highest BCUT2D eigenvalue weighted by molar-refractivity contribution is 5.94. The third-order valence-electron chi connectivity index (χ3n) is 4.24. The van der Waals surface area contributed by atoms with E-state index in [9.17, 15) is 4.79 Å². The highest BCUT2D eigenvalue weighted by Gasteiger charge is 2.48. The summed E-state index contributed by atoms with van der Waals surface area (Å²) in [6.45, 7) is 4.07. The van der Waals surface area contributed by atoms with E-state index in [1.807, 2.05) is 19.1 Å². The number of amides is 1. The van der Waals surface area contributed by atoms with E-state index < -0.39 is 0 Å². The predicted molar refractivity (Wildman–Crippen MR) is 65.3 cm³/mol. The van der Waals surface area contributed by atoms with Crippen molar-refractivity contribution in [2.45, 2.75) is 44.6 Å². The molecule has 2 atom stereocenters. The molecule has 1 aliphatic carbocycles. The minimum Gasteiger partial charge on any atom is -0.487 e. The van der Waals surface area contributed by atoms with Crippen LogP contribution < -0.4 is 10.5 Å². The van der Waals surface area contributed by atoms with Crippen molar-refractivity contribution in [2.75, 3.05) is 0 Å². The van der Waals surface area contributed by atoms with Gasteiger partial charge in [0, 0.05) is 17.0 Å². The van der Waals surface area contributed by atoms with Gasteiger partial charge in [-0.05, 0) is 50.8 Å². The lowest BCUT2D eigenvalue weighted by atomic mass is 9.87. The molecule has 0 bridgehead atoms. The average Bonchev–Trinajstić information content (AvgIpc) is 2.69. The van der Waals surface area contributed by atoms with E-state index in [1.54, 1.807) is 0 Å². The number of benzene rings is 1. The van der Waals surface area contributed by atoms with E-state index >= 15 is 0 Å². The maximum Gasteiger partial charge on any atom is 0.248 e. The number of carbonyl (C=O) groups is 1. The monoisotopic (exact) mass is 231 g/mol. The van der Waals surface area contributed by atoms with Gasteiger partial charge in [-0.2, -0.15) is 0 Å². The quantitative estimate of drug-likeness (QED) is 0.807. The van der Waals surface area contributed by atoms with Crippen LogP contribution in [0.5, 0.6) is 5.75 Å². The lowest BCUT2D eigenvalue weighted by molar-refractivity contribution is 0.0999. The van der Waals surface area contributed by atoms with Crippen molar-refractivity contribution in [3.63, 3.8) is 0 Å². The summed E-state index contributed by atoms with van der Waals surface area (Å²) in [6, 6.07) is 3.90. The molecule has 1 fully saturated rings. The summed E-state index contributed by atoms with van der Waals surface area (Å²) in [6.07, 6.45) is 3.43. The number of hydrogen-bond donors (Lipinski definition) is 1. The van der Waals surface area contributed by atoms with Crippen molar-refractivity contribution >= 4 is 5.91 Å². The number of aryl methyl sites for hydroxylation is 1. The Labute approximate surface area is 101 Å². The first-order valence-corrected chi connectivity index (χ1v) is 6.14. The number of ether oxygens (including phenoxy) is 1. The summed E-state index contributed by atoms with van der Waals surface area (Å²) < 4.78 is 6.08. The third kappa shape index (κ3) is 1.38. The van der Waals surface area contributed by atoms with Crippen LogP contribution in [-0.4, -0.2) is 11.5 Å². The molecule has 1 amide bonds.